The fourth-order valence-corrected chi connectivity index (χ4v) is 3.47. The Labute approximate surface area is 168 Å². The van der Waals surface area contributed by atoms with Gasteiger partial charge in [0.25, 0.3) is 11.1 Å². The Morgan fingerprint density at radius 1 is 1.07 bits per heavy atom. The van der Waals surface area contributed by atoms with Gasteiger partial charge in [0, 0.05) is 5.69 Å². The molecule has 0 spiro atoms. The van der Waals surface area contributed by atoms with Crippen LogP contribution in [0.2, 0.25) is 0 Å². The minimum Gasteiger partial charge on any atom is -0.324 e. The van der Waals surface area contributed by atoms with Crippen molar-refractivity contribution in [2.75, 3.05) is 11.9 Å². The molecule has 5 nitrogen and oxygen atoms in total. The predicted molar refractivity (Wildman–Crippen MR) is 113 cm³/mol. The van der Waals surface area contributed by atoms with Crippen molar-refractivity contribution in [1.29, 1.82) is 0 Å². The van der Waals surface area contributed by atoms with E-state index in [4.69, 9.17) is 0 Å². The highest BCUT2D eigenvalue weighted by atomic mass is 32.2. The number of amides is 3. The Bertz CT molecular complexity index is 981. The van der Waals surface area contributed by atoms with Crippen LogP contribution in [0.3, 0.4) is 0 Å². The maximum absolute atomic E-state index is 12.5. The smallest absolute Gasteiger partial charge is 0.294 e. The lowest BCUT2D eigenvalue weighted by Gasteiger charge is -2.14. The van der Waals surface area contributed by atoms with Gasteiger partial charge in [-0.25, -0.2) is 0 Å². The zero-order valence-electron chi connectivity index (χ0n) is 15.6. The van der Waals surface area contributed by atoms with Crippen molar-refractivity contribution < 1.29 is 14.4 Å². The molecule has 0 atom stereocenters. The number of nitrogens with one attached hydrogen (secondary N) is 1. The van der Waals surface area contributed by atoms with E-state index in [0.29, 0.717) is 10.6 Å². The number of allylic oxidation sites excluding steroid dienone is 2. The van der Waals surface area contributed by atoms with Crippen LogP contribution in [0.5, 0.6) is 0 Å². The van der Waals surface area contributed by atoms with Crippen molar-refractivity contribution >= 4 is 40.6 Å². The van der Waals surface area contributed by atoms with Gasteiger partial charge >= 0.3 is 0 Å². The van der Waals surface area contributed by atoms with E-state index in [2.05, 4.69) is 5.32 Å². The van der Waals surface area contributed by atoms with Crippen molar-refractivity contribution in [1.82, 2.24) is 4.90 Å². The summed E-state index contributed by atoms with van der Waals surface area (Å²) in [6, 6.07) is 15.2. The highest BCUT2D eigenvalue weighted by Crippen LogP contribution is 2.30. The predicted octanol–water partition coefficient (Wildman–Crippen LogP) is 4.53. The van der Waals surface area contributed by atoms with Crippen molar-refractivity contribution in [2.24, 2.45) is 0 Å². The van der Waals surface area contributed by atoms with Gasteiger partial charge in [0.2, 0.25) is 5.91 Å². The molecular formula is C22H20N2O3S. The Hall–Kier alpha value is -3.12. The molecule has 1 aliphatic rings. The molecule has 3 rings (SSSR count). The number of carbonyl (C=O) groups excluding carboxylic acids is 3. The number of thioether (sulfide) groups is 1. The summed E-state index contributed by atoms with van der Waals surface area (Å²) in [4.78, 5) is 38.2. The Morgan fingerprint density at radius 3 is 2.57 bits per heavy atom. The molecule has 0 unspecified atom stereocenters. The molecule has 142 valence electrons. The minimum atomic E-state index is -0.455. The molecular weight excluding hydrogens is 372 g/mol. The summed E-state index contributed by atoms with van der Waals surface area (Å²) in [5.41, 5.74) is 3.68. The van der Waals surface area contributed by atoms with Gasteiger partial charge in [-0.05, 0) is 54.4 Å². The quantitative estimate of drug-likeness (QED) is 0.759. The second kappa shape index (κ2) is 8.71. The van der Waals surface area contributed by atoms with Crippen molar-refractivity contribution in [2.45, 2.75) is 13.8 Å². The van der Waals surface area contributed by atoms with Crippen molar-refractivity contribution in [3.8, 4) is 0 Å². The topological polar surface area (TPSA) is 66.5 Å². The van der Waals surface area contributed by atoms with Crippen LogP contribution in [0.1, 0.15) is 16.7 Å². The first-order valence-corrected chi connectivity index (χ1v) is 9.60. The summed E-state index contributed by atoms with van der Waals surface area (Å²) in [5, 5.41) is 2.33. The van der Waals surface area contributed by atoms with E-state index in [-0.39, 0.29) is 6.54 Å². The lowest BCUT2D eigenvalue weighted by atomic mass is 10.1. The maximum atomic E-state index is 12.5. The summed E-state index contributed by atoms with van der Waals surface area (Å²) in [6.45, 7) is 3.56. The van der Waals surface area contributed by atoms with Crippen LogP contribution < -0.4 is 5.32 Å². The zero-order chi connectivity index (χ0) is 20.1. The van der Waals surface area contributed by atoms with Crippen molar-refractivity contribution in [3.63, 3.8) is 0 Å². The second-order valence-electron chi connectivity index (χ2n) is 6.36. The molecule has 28 heavy (non-hydrogen) atoms. The van der Waals surface area contributed by atoms with E-state index in [0.717, 1.165) is 33.4 Å². The number of benzene rings is 2. The summed E-state index contributed by atoms with van der Waals surface area (Å²) < 4.78 is 0. The van der Waals surface area contributed by atoms with Gasteiger partial charge in [-0.3, -0.25) is 19.3 Å². The number of aryl methyl sites for hydroxylation is 1. The monoisotopic (exact) mass is 392 g/mol. The molecule has 1 N–H and O–H groups in total. The normalized spacial score (nSPS) is 15.6. The van der Waals surface area contributed by atoms with Crippen LogP contribution in [0.4, 0.5) is 10.5 Å². The molecule has 1 fully saturated rings. The van der Waals surface area contributed by atoms with Crippen molar-refractivity contribution in [3.05, 3.63) is 82.3 Å². The summed E-state index contributed by atoms with van der Waals surface area (Å²) in [7, 11) is 0. The SMILES string of the molecule is Cc1cccc(NC(=O)CN2C(=O)S/C(=C/C=C/c3ccccc3)C2=O)c1C. The molecule has 0 bridgehead atoms. The molecule has 1 heterocycles. The van der Waals surface area contributed by atoms with Gasteiger partial charge in [-0.2, -0.15) is 0 Å². The number of hydrogen-bond acceptors (Lipinski definition) is 4. The molecule has 0 radical (unpaired) electrons. The van der Waals surface area contributed by atoms with E-state index >= 15 is 0 Å². The largest absolute Gasteiger partial charge is 0.324 e. The van der Waals surface area contributed by atoms with E-state index in [1.807, 2.05) is 62.4 Å². The molecule has 0 aliphatic carbocycles. The Kier molecular flexibility index (Phi) is 6.11. The average Bonchev–Trinajstić information content (AvgIpc) is 2.94. The van der Waals surface area contributed by atoms with Gasteiger partial charge in [-0.15, -0.1) is 0 Å². The van der Waals surface area contributed by atoms with Gasteiger partial charge in [0.15, 0.2) is 0 Å². The van der Waals surface area contributed by atoms with Gasteiger partial charge in [0.1, 0.15) is 6.54 Å². The highest BCUT2D eigenvalue weighted by molar-refractivity contribution is 8.18. The van der Waals surface area contributed by atoms with E-state index in [1.54, 1.807) is 18.2 Å². The highest BCUT2D eigenvalue weighted by Gasteiger charge is 2.36. The lowest BCUT2D eigenvalue weighted by molar-refractivity contribution is -0.127. The van der Waals surface area contributed by atoms with Crippen LogP contribution in [-0.2, 0) is 9.59 Å². The zero-order valence-corrected chi connectivity index (χ0v) is 16.5. The molecule has 1 saturated heterocycles. The number of nitrogens with zero attached hydrogens (tertiary/aromatic N) is 1. The van der Waals surface area contributed by atoms with Gasteiger partial charge in [-0.1, -0.05) is 54.6 Å². The maximum Gasteiger partial charge on any atom is 0.294 e. The first-order chi connectivity index (χ1) is 13.5. The Morgan fingerprint density at radius 2 is 1.82 bits per heavy atom. The van der Waals surface area contributed by atoms with Crippen LogP contribution in [0.25, 0.3) is 6.08 Å². The molecule has 2 aromatic rings. The molecule has 0 aromatic heterocycles. The van der Waals surface area contributed by atoms with Crippen LogP contribution in [0.15, 0.2) is 65.6 Å². The fraction of sp³-hybridized carbons (Fsp3) is 0.136. The van der Waals surface area contributed by atoms with Gasteiger partial charge < -0.3 is 5.32 Å². The van der Waals surface area contributed by atoms with E-state index in [1.165, 1.54) is 0 Å². The van der Waals surface area contributed by atoms with E-state index < -0.39 is 17.1 Å². The molecule has 1 aliphatic heterocycles. The van der Waals surface area contributed by atoms with E-state index in [9.17, 15) is 14.4 Å². The minimum absolute atomic E-state index is 0.303. The number of carbonyl (C=O) groups is 3. The second-order valence-corrected chi connectivity index (χ2v) is 7.35. The molecule has 3 amide bonds. The van der Waals surface area contributed by atoms with Crippen LogP contribution in [-0.4, -0.2) is 28.5 Å². The summed E-state index contributed by atoms with van der Waals surface area (Å²) in [5.74, 6) is -0.860. The molecule has 6 heteroatoms. The summed E-state index contributed by atoms with van der Waals surface area (Å²) >= 11 is 0.838. The third-order valence-corrected chi connectivity index (χ3v) is 5.32. The number of hydrogen-bond donors (Lipinski definition) is 1. The van der Waals surface area contributed by atoms with Crippen LogP contribution >= 0.6 is 11.8 Å². The number of imide groups is 1. The number of anilines is 1. The summed E-state index contributed by atoms with van der Waals surface area (Å²) in [6.07, 6.45) is 5.17. The number of rotatable bonds is 5. The third-order valence-electron chi connectivity index (χ3n) is 4.39. The van der Waals surface area contributed by atoms with Crippen LogP contribution in [0, 0.1) is 13.8 Å². The lowest BCUT2D eigenvalue weighted by Crippen LogP contribution is -2.36. The third kappa shape index (κ3) is 4.58. The standard InChI is InChI=1S/C22H20N2O3S/c1-15-8-6-12-18(16(15)2)23-20(25)14-24-21(26)19(28-22(24)27)13-7-11-17-9-4-3-5-10-17/h3-13H,14H2,1-2H3,(H,23,25)/b11-7+,19-13+. The average molecular weight is 392 g/mol. The molecule has 2 aromatic carbocycles. The first kappa shape index (κ1) is 19.6. The van der Waals surface area contributed by atoms with Gasteiger partial charge in [0.05, 0.1) is 4.91 Å². The first-order valence-electron chi connectivity index (χ1n) is 8.79. The molecule has 0 saturated carbocycles. The fourth-order valence-electron chi connectivity index (χ4n) is 2.68. The Balaban J connectivity index is 1.65.